The Morgan fingerprint density at radius 2 is 2.17 bits per heavy atom. The van der Waals surface area contributed by atoms with Crippen molar-refractivity contribution in [1.29, 1.82) is 0 Å². The highest BCUT2D eigenvalue weighted by Gasteiger charge is 1.92. The Kier molecular flexibility index (Phi) is 2.16. The maximum Gasteiger partial charge on any atom is 0.138 e. The summed E-state index contributed by atoms with van der Waals surface area (Å²) >= 11 is 5.04. The first-order chi connectivity index (χ1) is 2.64. The zero-order valence-electron chi connectivity index (χ0n) is 3.19. The fourth-order valence-corrected chi connectivity index (χ4v) is 0. The minimum atomic E-state index is -1.08. The number of nitrogens with two attached hydrogens (primary N) is 1. The van der Waals surface area contributed by atoms with Crippen LogP contribution in [0.3, 0.4) is 0 Å². The number of halogens is 1. The maximum atomic E-state index is 8.18. The van der Waals surface area contributed by atoms with Crippen LogP contribution in [-0.4, -0.2) is 11.3 Å². The molecule has 0 saturated heterocycles. The molecule has 0 aliphatic rings. The monoisotopic (exact) mass is 107 g/mol. The Balaban J connectivity index is 3.26. The van der Waals surface area contributed by atoms with Gasteiger partial charge in [-0.3, -0.25) is 0 Å². The second kappa shape index (κ2) is 2.18. The lowest BCUT2D eigenvalue weighted by atomic mass is 10.6. The Hall–Kier alpha value is -0.0500. The third-order valence-electron chi connectivity index (χ3n) is 0.321. The van der Waals surface area contributed by atoms with Gasteiger partial charge in [-0.2, -0.15) is 0 Å². The number of aliphatic hydroxyl groups excluding tert-OH is 1. The molecule has 0 saturated carbocycles. The van der Waals surface area contributed by atoms with Gasteiger partial charge in [0, 0.05) is 0 Å². The Labute approximate surface area is 41.2 Å². The molecular formula is C3H6ClNO. The van der Waals surface area contributed by atoms with E-state index in [4.69, 9.17) is 22.4 Å². The van der Waals surface area contributed by atoms with Gasteiger partial charge in [0.25, 0.3) is 0 Å². The molecule has 0 unspecified atom stereocenters. The van der Waals surface area contributed by atoms with E-state index in [-0.39, 0.29) is 5.03 Å². The topological polar surface area (TPSA) is 46.2 Å². The summed E-state index contributed by atoms with van der Waals surface area (Å²) in [6.45, 7) is 3.15. The predicted molar refractivity (Wildman–Crippen MR) is 25.2 cm³/mol. The number of rotatable bonds is 1. The molecule has 0 aromatic heterocycles. The van der Waals surface area contributed by atoms with Crippen LogP contribution >= 0.6 is 11.6 Å². The van der Waals surface area contributed by atoms with Gasteiger partial charge in [0.1, 0.15) is 6.23 Å². The van der Waals surface area contributed by atoms with Crippen LogP contribution < -0.4 is 5.73 Å². The van der Waals surface area contributed by atoms with Crippen LogP contribution in [0.4, 0.5) is 0 Å². The fourth-order valence-electron chi connectivity index (χ4n) is 0. The van der Waals surface area contributed by atoms with Gasteiger partial charge in [0.2, 0.25) is 0 Å². The van der Waals surface area contributed by atoms with Crippen molar-refractivity contribution < 1.29 is 5.11 Å². The molecule has 0 heterocycles. The summed E-state index contributed by atoms with van der Waals surface area (Å²) in [5.74, 6) is 0. The van der Waals surface area contributed by atoms with Crippen LogP contribution in [0.1, 0.15) is 0 Å². The maximum absolute atomic E-state index is 8.18. The minimum absolute atomic E-state index is 0.0648. The van der Waals surface area contributed by atoms with E-state index < -0.39 is 6.23 Å². The average molecular weight is 108 g/mol. The quantitative estimate of drug-likeness (QED) is 0.464. The second-order valence-corrected chi connectivity index (χ2v) is 1.38. The summed E-state index contributed by atoms with van der Waals surface area (Å²) in [6, 6.07) is 0. The van der Waals surface area contributed by atoms with Gasteiger partial charge in [-0.05, 0) is 0 Å². The second-order valence-electron chi connectivity index (χ2n) is 0.892. The van der Waals surface area contributed by atoms with Gasteiger partial charge in [-0.25, -0.2) is 0 Å². The van der Waals surface area contributed by atoms with Crippen molar-refractivity contribution in [2.24, 2.45) is 5.73 Å². The first-order valence-corrected chi connectivity index (χ1v) is 1.80. The summed E-state index contributed by atoms with van der Waals surface area (Å²) in [5, 5.41) is 8.24. The molecule has 0 bridgehead atoms. The van der Waals surface area contributed by atoms with Gasteiger partial charge in [-0.1, -0.05) is 18.2 Å². The van der Waals surface area contributed by atoms with Crippen molar-refractivity contribution in [2.45, 2.75) is 6.23 Å². The van der Waals surface area contributed by atoms with Crippen molar-refractivity contribution in [3.05, 3.63) is 11.6 Å². The lowest BCUT2D eigenvalue weighted by Crippen LogP contribution is -2.17. The normalized spacial score (nSPS) is 13.8. The van der Waals surface area contributed by atoms with Crippen LogP contribution in [0.15, 0.2) is 11.6 Å². The van der Waals surface area contributed by atoms with Crippen molar-refractivity contribution in [2.75, 3.05) is 0 Å². The van der Waals surface area contributed by atoms with Crippen molar-refractivity contribution in [3.63, 3.8) is 0 Å². The van der Waals surface area contributed by atoms with Crippen molar-refractivity contribution >= 4 is 11.6 Å². The number of aliphatic hydroxyl groups is 1. The Morgan fingerprint density at radius 1 is 2.00 bits per heavy atom. The molecule has 0 rings (SSSR count). The summed E-state index contributed by atoms with van der Waals surface area (Å²) in [7, 11) is 0. The zero-order valence-corrected chi connectivity index (χ0v) is 3.94. The molecule has 0 amide bonds. The van der Waals surface area contributed by atoms with E-state index in [1.54, 1.807) is 0 Å². The third-order valence-corrected chi connectivity index (χ3v) is 0.545. The fraction of sp³-hybridized carbons (Fsp3) is 0.333. The zero-order chi connectivity index (χ0) is 5.15. The molecule has 0 aliphatic carbocycles. The highest BCUT2D eigenvalue weighted by atomic mass is 35.5. The molecule has 36 valence electrons. The standard InChI is InChI=1S/C3H6ClNO/c1-2(4)3(5)6/h3,6H,1,5H2/t3-/m1/s1. The smallest absolute Gasteiger partial charge is 0.138 e. The van der Waals surface area contributed by atoms with Gasteiger partial charge in [0.05, 0.1) is 5.03 Å². The van der Waals surface area contributed by atoms with Crippen LogP contribution in [0.2, 0.25) is 0 Å². The first kappa shape index (κ1) is 5.95. The average Bonchev–Trinajstić information content (AvgIpc) is 1.36. The predicted octanol–water partition coefficient (Wildman–Crippen LogP) is 0.0160. The van der Waals surface area contributed by atoms with Gasteiger partial charge in [-0.15, -0.1) is 0 Å². The molecule has 1 atom stereocenters. The SMILES string of the molecule is C=C(Cl)[C@H](N)O. The van der Waals surface area contributed by atoms with E-state index in [1.165, 1.54) is 0 Å². The van der Waals surface area contributed by atoms with Crippen LogP contribution in [0.5, 0.6) is 0 Å². The Morgan fingerprint density at radius 3 is 2.17 bits per heavy atom. The molecule has 0 aliphatic heterocycles. The highest BCUT2D eigenvalue weighted by molar-refractivity contribution is 6.29. The van der Waals surface area contributed by atoms with Gasteiger partial charge in [0.15, 0.2) is 0 Å². The van der Waals surface area contributed by atoms with Crippen molar-refractivity contribution in [1.82, 2.24) is 0 Å². The summed E-state index contributed by atoms with van der Waals surface area (Å²) in [6.07, 6.45) is -1.08. The van der Waals surface area contributed by atoms with Gasteiger partial charge >= 0.3 is 0 Å². The van der Waals surface area contributed by atoms with E-state index in [0.29, 0.717) is 0 Å². The minimum Gasteiger partial charge on any atom is -0.374 e. The molecule has 3 heteroatoms. The summed E-state index contributed by atoms with van der Waals surface area (Å²) in [4.78, 5) is 0. The number of hydrogen-bond acceptors (Lipinski definition) is 2. The van der Waals surface area contributed by atoms with Crippen LogP contribution in [0.25, 0.3) is 0 Å². The molecule has 0 radical (unpaired) electrons. The number of hydrogen-bond donors (Lipinski definition) is 2. The lowest BCUT2D eigenvalue weighted by Gasteiger charge is -1.94. The molecule has 3 N–H and O–H groups in total. The van der Waals surface area contributed by atoms with Gasteiger partial charge < -0.3 is 10.8 Å². The van der Waals surface area contributed by atoms with Crippen LogP contribution in [-0.2, 0) is 0 Å². The molecule has 0 spiro atoms. The molecular weight excluding hydrogens is 101 g/mol. The molecule has 0 fully saturated rings. The lowest BCUT2D eigenvalue weighted by molar-refractivity contribution is 0.227. The molecule has 6 heavy (non-hydrogen) atoms. The largest absolute Gasteiger partial charge is 0.374 e. The third kappa shape index (κ3) is 2.20. The summed E-state index contributed by atoms with van der Waals surface area (Å²) < 4.78 is 0. The highest BCUT2D eigenvalue weighted by Crippen LogP contribution is 1.95. The van der Waals surface area contributed by atoms with Crippen molar-refractivity contribution in [3.8, 4) is 0 Å². The van der Waals surface area contributed by atoms with Crippen LogP contribution in [0, 0.1) is 0 Å². The van der Waals surface area contributed by atoms with E-state index in [0.717, 1.165) is 0 Å². The molecule has 0 aromatic carbocycles. The molecule has 2 nitrogen and oxygen atoms in total. The molecule has 0 aromatic rings. The first-order valence-electron chi connectivity index (χ1n) is 1.42. The Bertz CT molecular complexity index is 61.8. The van der Waals surface area contributed by atoms with E-state index in [9.17, 15) is 0 Å². The van der Waals surface area contributed by atoms with E-state index in [1.807, 2.05) is 0 Å². The summed E-state index contributed by atoms with van der Waals surface area (Å²) in [5.41, 5.74) is 4.76. The van der Waals surface area contributed by atoms with E-state index in [2.05, 4.69) is 6.58 Å². The van der Waals surface area contributed by atoms with E-state index >= 15 is 0 Å².